The van der Waals surface area contributed by atoms with Crippen LogP contribution in [-0.4, -0.2) is 48.7 Å². The number of carboxylic acids is 1. The number of methoxy groups -OCH3 is 1. The van der Waals surface area contributed by atoms with Crippen LogP contribution >= 0.6 is 11.6 Å². The number of likely N-dealkylation sites (tertiary alicyclic amines) is 1. The van der Waals surface area contributed by atoms with Crippen molar-refractivity contribution in [3.05, 3.63) is 34.9 Å². The molecule has 1 saturated heterocycles. The van der Waals surface area contributed by atoms with E-state index in [1.807, 2.05) is 24.3 Å². The molecule has 1 amide bonds. The van der Waals surface area contributed by atoms with Gasteiger partial charge in [-0.05, 0) is 36.8 Å². The van der Waals surface area contributed by atoms with Gasteiger partial charge in [-0.25, -0.2) is 0 Å². The minimum atomic E-state index is -0.989. The van der Waals surface area contributed by atoms with E-state index in [-0.39, 0.29) is 30.9 Å². The van der Waals surface area contributed by atoms with Crippen molar-refractivity contribution >= 4 is 23.5 Å². The average Bonchev–Trinajstić information content (AvgIpc) is 3.35. The molecule has 3 unspecified atom stereocenters. The molecule has 1 aliphatic heterocycles. The van der Waals surface area contributed by atoms with E-state index in [0.717, 1.165) is 12.0 Å². The van der Waals surface area contributed by atoms with Crippen LogP contribution in [0, 0.1) is 11.3 Å². The first-order valence-electron chi connectivity index (χ1n) is 8.24. The molecule has 130 valence electrons. The molecule has 3 atom stereocenters. The van der Waals surface area contributed by atoms with Crippen molar-refractivity contribution in [2.75, 3.05) is 26.8 Å². The number of halogens is 1. The molecule has 3 rings (SSSR count). The Kier molecular flexibility index (Phi) is 4.83. The Hall–Kier alpha value is -1.59. The topological polar surface area (TPSA) is 66.8 Å². The molecule has 6 heteroatoms. The highest BCUT2D eigenvalue weighted by Gasteiger charge is 2.50. The van der Waals surface area contributed by atoms with E-state index in [4.69, 9.17) is 16.3 Å². The molecule has 0 radical (unpaired) electrons. The zero-order chi connectivity index (χ0) is 17.3. The first-order chi connectivity index (χ1) is 11.5. The van der Waals surface area contributed by atoms with Crippen LogP contribution in [0.15, 0.2) is 24.3 Å². The van der Waals surface area contributed by atoms with Gasteiger partial charge in [0.05, 0.1) is 6.61 Å². The summed E-state index contributed by atoms with van der Waals surface area (Å²) in [6, 6.07) is 7.60. The average molecular weight is 352 g/mol. The molecule has 1 N–H and O–H groups in total. The van der Waals surface area contributed by atoms with Gasteiger partial charge in [0.2, 0.25) is 5.91 Å². The number of hydrogen-bond donors (Lipinski definition) is 1. The van der Waals surface area contributed by atoms with Crippen LogP contribution in [0.2, 0.25) is 5.02 Å². The number of carbonyl (C=O) groups excluding carboxylic acids is 1. The second-order valence-corrected chi connectivity index (χ2v) is 7.26. The third kappa shape index (κ3) is 3.15. The van der Waals surface area contributed by atoms with Crippen LogP contribution in [0.5, 0.6) is 0 Å². The predicted octanol–water partition coefficient (Wildman–Crippen LogP) is 2.78. The maximum absolute atomic E-state index is 12.8. The normalized spacial score (nSPS) is 29.3. The summed E-state index contributed by atoms with van der Waals surface area (Å²) < 4.78 is 5.12. The lowest BCUT2D eigenvalue weighted by Gasteiger charge is -2.39. The number of carboxylic acid groups (broad SMARTS) is 1. The van der Waals surface area contributed by atoms with Crippen molar-refractivity contribution in [3.63, 3.8) is 0 Å². The largest absolute Gasteiger partial charge is 0.481 e. The van der Waals surface area contributed by atoms with Gasteiger partial charge in [-0.3, -0.25) is 9.59 Å². The fourth-order valence-electron chi connectivity index (χ4n) is 3.77. The van der Waals surface area contributed by atoms with Gasteiger partial charge in [-0.15, -0.1) is 0 Å². The molecule has 1 aromatic carbocycles. The smallest absolute Gasteiger partial charge is 0.313 e. The second-order valence-electron chi connectivity index (χ2n) is 6.85. The Balaban J connectivity index is 1.70. The van der Waals surface area contributed by atoms with E-state index in [0.29, 0.717) is 24.4 Å². The summed E-state index contributed by atoms with van der Waals surface area (Å²) in [5, 5.41) is 10.3. The second kappa shape index (κ2) is 6.73. The molecule has 1 aliphatic carbocycles. The molecular formula is C18H22ClNO4. The Morgan fingerprint density at radius 2 is 2.17 bits per heavy atom. The van der Waals surface area contributed by atoms with E-state index in [9.17, 15) is 14.7 Å². The van der Waals surface area contributed by atoms with E-state index in [1.54, 1.807) is 4.90 Å². The molecule has 0 aromatic heterocycles. The number of rotatable bonds is 5. The number of benzene rings is 1. The molecule has 1 heterocycles. The van der Waals surface area contributed by atoms with Gasteiger partial charge in [-0.2, -0.15) is 0 Å². The van der Waals surface area contributed by atoms with Gasteiger partial charge in [0.1, 0.15) is 5.41 Å². The SMILES string of the molecule is COCC1(C(=O)O)CCCN(C(=O)C2CC2c2ccccc2Cl)C1. The monoisotopic (exact) mass is 351 g/mol. The van der Waals surface area contributed by atoms with Crippen LogP contribution in [0.1, 0.15) is 30.7 Å². The van der Waals surface area contributed by atoms with Crippen molar-refractivity contribution in [2.45, 2.75) is 25.2 Å². The fraction of sp³-hybridized carbons (Fsp3) is 0.556. The first-order valence-corrected chi connectivity index (χ1v) is 8.62. The lowest BCUT2D eigenvalue weighted by atomic mass is 9.80. The highest BCUT2D eigenvalue weighted by atomic mass is 35.5. The van der Waals surface area contributed by atoms with Gasteiger partial charge in [0, 0.05) is 31.1 Å². The minimum absolute atomic E-state index is 0.0429. The van der Waals surface area contributed by atoms with Crippen molar-refractivity contribution in [3.8, 4) is 0 Å². The molecule has 24 heavy (non-hydrogen) atoms. The molecule has 2 aliphatic rings. The van der Waals surface area contributed by atoms with Gasteiger partial charge in [0.25, 0.3) is 0 Å². The van der Waals surface area contributed by atoms with E-state index in [2.05, 4.69) is 0 Å². The van der Waals surface area contributed by atoms with Crippen molar-refractivity contribution < 1.29 is 19.4 Å². The lowest BCUT2D eigenvalue weighted by Crippen LogP contribution is -2.52. The summed E-state index contributed by atoms with van der Waals surface area (Å²) in [6.45, 7) is 0.967. The molecule has 2 fully saturated rings. The summed E-state index contributed by atoms with van der Waals surface area (Å²) in [7, 11) is 1.50. The summed E-state index contributed by atoms with van der Waals surface area (Å²) in [4.78, 5) is 26.2. The predicted molar refractivity (Wildman–Crippen MR) is 90.1 cm³/mol. The molecule has 0 spiro atoms. The molecule has 5 nitrogen and oxygen atoms in total. The molecule has 1 saturated carbocycles. The number of ether oxygens (including phenoxy) is 1. The highest BCUT2D eigenvalue weighted by molar-refractivity contribution is 6.31. The fourth-order valence-corrected chi connectivity index (χ4v) is 4.05. The quantitative estimate of drug-likeness (QED) is 0.885. The van der Waals surface area contributed by atoms with Crippen molar-refractivity contribution in [1.82, 2.24) is 4.90 Å². The first kappa shape index (κ1) is 17.2. The zero-order valence-electron chi connectivity index (χ0n) is 13.7. The lowest BCUT2D eigenvalue weighted by molar-refractivity contribution is -0.159. The van der Waals surface area contributed by atoms with E-state index in [1.165, 1.54) is 7.11 Å². The standard InChI is InChI=1S/C18H22ClNO4/c1-24-11-18(17(22)23)7-4-8-20(10-18)16(21)14-9-13(14)12-5-2-3-6-15(12)19/h2-3,5-6,13-14H,4,7-11H2,1H3,(H,22,23). The Morgan fingerprint density at radius 1 is 1.42 bits per heavy atom. The van der Waals surface area contributed by atoms with Crippen LogP contribution in [0.25, 0.3) is 0 Å². The summed E-state index contributed by atoms with van der Waals surface area (Å²) in [6.07, 6.45) is 2.01. The van der Waals surface area contributed by atoms with Gasteiger partial charge < -0.3 is 14.7 Å². The Labute approximate surface area is 146 Å². The maximum Gasteiger partial charge on any atom is 0.313 e. The molecular weight excluding hydrogens is 330 g/mol. The van der Waals surface area contributed by atoms with Gasteiger partial charge in [-0.1, -0.05) is 29.8 Å². The molecule has 1 aromatic rings. The Morgan fingerprint density at radius 3 is 2.83 bits per heavy atom. The third-order valence-electron chi connectivity index (χ3n) is 5.18. The van der Waals surface area contributed by atoms with Crippen molar-refractivity contribution in [1.29, 1.82) is 0 Å². The number of piperidine rings is 1. The van der Waals surface area contributed by atoms with Crippen LogP contribution in [0.4, 0.5) is 0 Å². The van der Waals surface area contributed by atoms with Crippen molar-refractivity contribution in [2.24, 2.45) is 11.3 Å². The summed E-state index contributed by atoms with van der Waals surface area (Å²) >= 11 is 6.22. The number of nitrogens with zero attached hydrogens (tertiary/aromatic N) is 1. The van der Waals surface area contributed by atoms with Crippen LogP contribution in [-0.2, 0) is 14.3 Å². The minimum Gasteiger partial charge on any atom is -0.481 e. The number of hydrogen-bond acceptors (Lipinski definition) is 3. The third-order valence-corrected chi connectivity index (χ3v) is 5.52. The van der Waals surface area contributed by atoms with E-state index >= 15 is 0 Å². The summed E-state index contributed by atoms with van der Waals surface area (Å²) in [5.74, 6) is -0.784. The highest BCUT2D eigenvalue weighted by Crippen LogP contribution is 2.51. The maximum atomic E-state index is 12.8. The number of carbonyl (C=O) groups is 2. The summed E-state index contributed by atoms with van der Waals surface area (Å²) in [5.41, 5.74) is 0.0215. The Bertz CT molecular complexity index is 646. The van der Waals surface area contributed by atoms with Gasteiger partial charge >= 0.3 is 5.97 Å². The van der Waals surface area contributed by atoms with Crippen LogP contribution < -0.4 is 0 Å². The number of aliphatic carboxylic acids is 1. The molecule has 0 bridgehead atoms. The zero-order valence-corrected chi connectivity index (χ0v) is 14.5. The van der Waals surface area contributed by atoms with E-state index < -0.39 is 11.4 Å². The number of amides is 1. The van der Waals surface area contributed by atoms with Gasteiger partial charge in [0.15, 0.2) is 0 Å². The van der Waals surface area contributed by atoms with Crippen LogP contribution in [0.3, 0.4) is 0 Å².